The summed E-state index contributed by atoms with van der Waals surface area (Å²) in [5, 5.41) is 13.4. The lowest BCUT2D eigenvalue weighted by Gasteiger charge is -2.11. The van der Waals surface area contributed by atoms with E-state index in [2.05, 4.69) is 5.32 Å². The molecule has 116 valence electrons. The van der Waals surface area contributed by atoms with E-state index in [1.54, 1.807) is 0 Å². The van der Waals surface area contributed by atoms with Crippen molar-refractivity contribution < 1.29 is 27.5 Å². The van der Waals surface area contributed by atoms with Crippen LogP contribution in [-0.2, 0) is 6.18 Å². The van der Waals surface area contributed by atoms with E-state index in [0.29, 0.717) is 18.2 Å². The summed E-state index contributed by atoms with van der Waals surface area (Å²) >= 11 is 0. The molecule has 4 nitrogen and oxygen atoms in total. The zero-order valence-electron chi connectivity index (χ0n) is 10.9. The molecule has 22 heavy (non-hydrogen) atoms. The molecule has 0 aromatic heterocycles. The third-order valence-corrected chi connectivity index (χ3v) is 2.67. The number of phenols is 1. The molecule has 0 saturated carbocycles. The summed E-state index contributed by atoms with van der Waals surface area (Å²) in [5.41, 5.74) is -1.39. The second-order valence-corrected chi connectivity index (χ2v) is 4.32. The Kier molecular flexibility index (Phi) is 4.20. The SMILES string of the molecule is O=C(Nc1ccc(O)cc1)Nc1cc(C(F)(F)F)ccc1F. The van der Waals surface area contributed by atoms with Crippen LogP contribution >= 0.6 is 0 Å². The summed E-state index contributed by atoms with van der Waals surface area (Å²) in [6, 6.07) is 6.16. The Morgan fingerprint density at radius 3 is 2.23 bits per heavy atom. The number of carbonyl (C=O) groups excluding carboxylic acids is 1. The van der Waals surface area contributed by atoms with Gasteiger partial charge in [-0.05, 0) is 42.5 Å². The normalized spacial score (nSPS) is 11.1. The molecule has 0 aliphatic carbocycles. The zero-order valence-corrected chi connectivity index (χ0v) is 10.9. The van der Waals surface area contributed by atoms with Crippen LogP contribution in [0.15, 0.2) is 42.5 Å². The number of rotatable bonds is 2. The fraction of sp³-hybridized carbons (Fsp3) is 0.0714. The van der Waals surface area contributed by atoms with Crippen LogP contribution in [0.3, 0.4) is 0 Å². The fourth-order valence-corrected chi connectivity index (χ4v) is 1.63. The number of urea groups is 1. The third-order valence-electron chi connectivity index (χ3n) is 2.67. The Morgan fingerprint density at radius 1 is 1.00 bits per heavy atom. The van der Waals surface area contributed by atoms with E-state index >= 15 is 0 Å². The summed E-state index contributed by atoms with van der Waals surface area (Å²) in [5.74, 6) is -1.01. The van der Waals surface area contributed by atoms with E-state index in [9.17, 15) is 22.4 Å². The van der Waals surface area contributed by atoms with Gasteiger partial charge in [-0.1, -0.05) is 0 Å². The molecule has 0 saturated heterocycles. The maximum atomic E-state index is 13.5. The molecule has 2 rings (SSSR count). The minimum absolute atomic E-state index is 0.0186. The van der Waals surface area contributed by atoms with Crippen molar-refractivity contribution in [2.75, 3.05) is 10.6 Å². The van der Waals surface area contributed by atoms with Crippen LogP contribution in [0.25, 0.3) is 0 Å². The second kappa shape index (κ2) is 5.92. The fourth-order valence-electron chi connectivity index (χ4n) is 1.63. The lowest BCUT2D eigenvalue weighted by atomic mass is 10.2. The van der Waals surface area contributed by atoms with Gasteiger partial charge in [0.25, 0.3) is 0 Å². The molecule has 0 atom stereocenters. The predicted octanol–water partition coefficient (Wildman–Crippen LogP) is 4.19. The van der Waals surface area contributed by atoms with Gasteiger partial charge in [-0.3, -0.25) is 0 Å². The Bertz CT molecular complexity index is 684. The standard InChI is InChI=1S/C14H10F4N2O2/c15-11-6-1-8(14(16,17)18)7-12(11)20-13(22)19-9-2-4-10(21)5-3-9/h1-7,21H,(H2,19,20,22). The molecule has 0 spiro atoms. The Hall–Kier alpha value is -2.77. The Morgan fingerprint density at radius 2 is 1.64 bits per heavy atom. The number of aromatic hydroxyl groups is 1. The number of nitrogens with one attached hydrogen (secondary N) is 2. The highest BCUT2D eigenvalue weighted by Crippen LogP contribution is 2.31. The van der Waals surface area contributed by atoms with Crippen molar-refractivity contribution in [1.29, 1.82) is 0 Å². The van der Waals surface area contributed by atoms with Crippen LogP contribution in [0.1, 0.15) is 5.56 Å². The first-order valence-corrected chi connectivity index (χ1v) is 5.99. The molecule has 2 aromatic rings. The van der Waals surface area contributed by atoms with E-state index in [-0.39, 0.29) is 11.4 Å². The first-order valence-electron chi connectivity index (χ1n) is 5.99. The topological polar surface area (TPSA) is 61.4 Å². The van der Waals surface area contributed by atoms with Crippen LogP contribution in [-0.4, -0.2) is 11.1 Å². The summed E-state index contributed by atoms with van der Waals surface area (Å²) in [6.45, 7) is 0. The lowest BCUT2D eigenvalue weighted by Crippen LogP contribution is -2.20. The molecule has 3 N–H and O–H groups in total. The monoisotopic (exact) mass is 314 g/mol. The van der Waals surface area contributed by atoms with Gasteiger partial charge in [0.15, 0.2) is 0 Å². The molecular weight excluding hydrogens is 304 g/mol. The summed E-state index contributed by atoms with van der Waals surface area (Å²) < 4.78 is 51.1. The number of hydrogen-bond acceptors (Lipinski definition) is 2. The van der Waals surface area contributed by atoms with Crippen LogP contribution < -0.4 is 10.6 Å². The van der Waals surface area contributed by atoms with Crippen molar-refractivity contribution in [3.63, 3.8) is 0 Å². The molecule has 8 heteroatoms. The summed E-state index contributed by atoms with van der Waals surface area (Å²) in [4.78, 5) is 11.6. The Labute approximate surface area is 122 Å². The molecule has 0 unspecified atom stereocenters. The van der Waals surface area contributed by atoms with E-state index in [1.807, 2.05) is 5.32 Å². The highest BCUT2D eigenvalue weighted by atomic mass is 19.4. The summed E-state index contributed by atoms with van der Waals surface area (Å²) in [6.07, 6.45) is -4.64. The molecule has 0 heterocycles. The third kappa shape index (κ3) is 3.87. The number of amides is 2. The van der Waals surface area contributed by atoms with Crippen molar-refractivity contribution >= 4 is 17.4 Å². The molecule has 0 radical (unpaired) electrons. The maximum Gasteiger partial charge on any atom is 0.416 e. The maximum absolute atomic E-state index is 13.5. The summed E-state index contributed by atoms with van der Waals surface area (Å²) in [7, 11) is 0. The van der Waals surface area contributed by atoms with Crippen molar-refractivity contribution in [3.05, 3.63) is 53.8 Å². The van der Waals surface area contributed by atoms with Gasteiger partial charge in [0.2, 0.25) is 0 Å². The largest absolute Gasteiger partial charge is 0.508 e. The van der Waals surface area contributed by atoms with Gasteiger partial charge in [0.1, 0.15) is 11.6 Å². The van der Waals surface area contributed by atoms with Gasteiger partial charge in [-0.2, -0.15) is 13.2 Å². The molecular formula is C14H10F4N2O2. The molecule has 0 bridgehead atoms. The number of alkyl halides is 3. The molecule has 2 aromatic carbocycles. The zero-order chi connectivity index (χ0) is 16.3. The van der Waals surface area contributed by atoms with E-state index < -0.39 is 29.3 Å². The van der Waals surface area contributed by atoms with Crippen molar-refractivity contribution in [3.8, 4) is 5.75 Å². The number of benzene rings is 2. The molecule has 2 amide bonds. The number of carbonyl (C=O) groups is 1. The van der Waals surface area contributed by atoms with Gasteiger partial charge in [0.05, 0.1) is 11.3 Å². The number of halogens is 4. The molecule has 0 fully saturated rings. The van der Waals surface area contributed by atoms with Gasteiger partial charge in [-0.15, -0.1) is 0 Å². The minimum atomic E-state index is -4.64. The molecule has 0 aliphatic heterocycles. The first kappa shape index (κ1) is 15.6. The van der Waals surface area contributed by atoms with Crippen molar-refractivity contribution in [2.24, 2.45) is 0 Å². The second-order valence-electron chi connectivity index (χ2n) is 4.32. The first-order chi connectivity index (χ1) is 10.3. The quantitative estimate of drug-likeness (QED) is 0.575. The van der Waals surface area contributed by atoms with Crippen LogP contribution in [0, 0.1) is 5.82 Å². The van der Waals surface area contributed by atoms with Crippen LogP contribution in [0.2, 0.25) is 0 Å². The number of phenolic OH excluding ortho intramolecular Hbond substituents is 1. The van der Waals surface area contributed by atoms with Gasteiger partial charge >= 0.3 is 12.2 Å². The highest BCUT2D eigenvalue weighted by molar-refractivity contribution is 5.99. The van der Waals surface area contributed by atoms with Crippen molar-refractivity contribution in [1.82, 2.24) is 0 Å². The van der Waals surface area contributed by atoms with Crippen molar-refractivity contribution in [2.45, 2.75) is 6.18 Å². The average molecular weight is 314 g/mol. The van der Waals surface area contributed by atoms with Crippen LogP contribution in [0.4, 0.5) is 33.7 Å². The lowest BCUT2D eigenvalue weighted by molar-refractivity contribution is -0.137. The predicted molar refractivity (Wildman–Crippen MR) is 72.2 cm³/mol. The van der Waals surface area contributed by atoms with E-state index in [0.717, 1.165) is 0 Å². The highest BCUT2D eigenvalue weighted by Gasteiger charge is 2.31. The van der Waals surface area contributed by atoms with E-state index in [1.165, 1.54) is 24.3 Å². The van der Waals surface area contributed by atoms with Gasteiger partial charge in [0, 0.05) is 5.69 Å². The minimum Gasteiger partial charge on any atom is -0.508 e. The van der Waals surface area contributed by atoms with Crippen LogP contribution in [0.5, 0.6) is 5.75 Å². The average Bonchev–Trinajstić information content (AvgIpc) is 2.42. The Balaban J connectivity index is 2.12. The number of hydrogen-bond donors (Lipinski definition) is 3. The molecule has 0 aliphatic rings. The smallest absolute Gasteiger partial charge is 0.416 e. The van der Waals surface area contributed by atoms with E-state index in [4.69, 9.17) is 5.11 Å². The van der Waals surface area contributed by atoms with Gasteiger partial charge in [-0.25, -0.2) is 9.18 Å². The van der Waals surface area contributed by atoms with Gasteiger partial charge < -0.3 is 15.7 Å². The number of anilines is 2.